The lowest BCUT2D eigenvalue weighted by molar-refractivity contribution is 0.455. The lowest BCUT2D eigenvalue weighted by Crippen LogP contribution is -2.19. The van der Waals surface area contributed by atoms with E-state index in [1.54, 1.807) is 0 Å². The van der Waals surface area contributed by atoms with Gasteiger partial charge in [0.25, 0.3) is 9.76 Å². The van der Waals surface area contributed by atoms with Crippen molar-refractivity contribution in [1.29, 1.82) is 0 Å². The predicted octanol–water partition coefficient (Wildman–Crippen LogP) is 8.96. The quantitative estimate of drug-likeness (QED) is 0.151. The fourth-order valence-corrected chi connectivity index (χ4v) is 6.15. The van der Waals surface area contributed by atoms with Crippen LogP contribution in [-0.2, 0) is 19.3 Å². The highest BCUT2D eigenvalue weighted by Crippen LogP contribution is 2.34. The Labute approximate surface area is 249 Å². The molecule has 0 N–H and O–H groups in total. The minimum atomic E-state index is -0.888. The van der Waals surface area contributed by atoms with Crippen LogP contribution in [0.25, 0.3) is 0 Å². The van der Waals surface area contributed by atoms with Gasteiger partial charge in [-0.05, 0) is 108 Å². The molecule has 216 valence electrons. The highest BCUT2D eigenvalue weighted by atomic mass is 28.2. The van der Waals surface area contributed by atoms with Crippen LogP contribution in [0.4, 0.5) is 0 Å². The molecular formula is C37H46O3Si. The molecule has 0 saturated heterocycles. The van der Waals surface area contributed by atoms with Gasteiger partial charge in [-0.3, -0.25) is 0 Å². The first kappa shape index (κ1) is 30.5. The second-order valence-corrected chi connectivity index (χ2v) is 13.9. The fraction of sp³-hybridized carbons (Fsp3) is 0.351. The molecule has 0 saturated carbocycles. The van der Waals surface area contributed by atoms with E-state index in [2.05, 4.69) is 115 Å². The SMILES string of the molecule is Cc1cc(CC(C)C)cc(Oc2cc(CC(C)C)cc(Oc3cc(CC(C)C)cc(O[SiH2]c4ccccc4)c3)c2)c1. The summed E-state index contributed by atoms with van der Waals surface area (Å²) in [5, 5.41) is 1.28. The third-order valence-electron chi connectivity index (χ3n) is 6.64. The molecule has 0 amide bonds. The number of hydrogen-bond donors (Lipinski definition) is 0. The van der Waals surface area contributed by atoms with E-state index in [0.29, 0.717) is 17.8 Å². The summed E-state index contributed by atoms with van der Waals surface area (Å²) >= 11 is 0. The van der Waals surface area contributed by atoms with E-state index < -0.39 is 9.76 Å². The molecule has 0 aliphatic carbocycles. The number of hydrogen-bond acceptors (Lipinski definition) is 3. The zero-order valence-corrected chi connectivity index (χ0v) is 27.3. The molecule has 0 atom stereocenters. The van der Waals surface area contributed by atoms with Crippen molar-refractivity contribution in [2.75, 3.05) is 0 Å². The topological polar surface area (TPSA) is 27.7 Å². The van der Waals surface area contributed by atoms with Gasteiger partial charge in [-0.15, -0.1) is 0 Å². The Bertz CT molecular complexity index is 1410. The van der Waals surface area contributed by atoms with E-state index in [1.165, 1.54) is 27.4 Å². The molecule has 0 radical (unpaired) electrons. The van der Waals surface area contributed by atoms with Crippen LogP contribution < -0.4 is 19.1 Å². The van der Waals surface area contributed by atoms with Gasteiger partial charge in [-0.1, -0.05) is 77.9 Å². The van der Waals surface area contributed by atoms with Gasteiger partial charge in [0.2, 0.25) is 0 Å². The van der Waals surface area contributed by atoms with Crippen LogP contribution in [0, 0.1) is 24.7 Å². The molecule has 0 aliphatic rings. The van der Waals surface area contributed by atoms with Crippen LogP contribution in [0.2, 0.25) is 0 Å². The summed E-state index contributed by atoms with van der Waals surface area (Å²) < 4.78 is 19.4. The smallest absolute Gasteiger partial charge is 0.251 e. The molecule has 4 aromatic rings. The lowest BCUT2D eigenvalue weighted by Gasteiger charge is -2.16. The molecule has 4 rings (SSSR count). The predicted molar refractivity (Wildman–Crippen MR) is 175 cm³/mol. The van der Waals surface area contributed by atoms with Crippen LogP contribution in [0.15, 0.2) is 84.9 Å². The monoisotopic (exact) mass is 566 g/mol. The normalized spacial score (nSPS) is 11.7. The van der Waals surface area contributed by atoms with Crippen molar-refractivity contribution in [1.82, 2.24) is 0 Å². The van der Waals surface area contributed by atoms with Crippen molar-refractivity contribution in [3.8, 4) is 28.7 Å². The van der Waals surface area contributed by atoms with Gasteiger partial charge < -0.3 is 13.9 Å². The Kier molecular flexibility index (Phi) is 10.7. The number of ether oxygens (including phenoxy) is 2. The minimum Gasteiger partial charge on any atom is -0.545 e. The van der Waals surface area contributed by atoms with Crippen molar-refractivity contribution in [3.63, 3.8) is 0 Å². The van der Waals surface area contributed by atoms with E-state index in [0.717, 1.165) is 48.0 Å². The maximum atomic E-state index is 6.55. The maximum Gasteiger partial charge on any atom is 0.251 e. The standard InChI is InChI=1S/C37H46O3Si/c1-25(2)13-29-16-28(7)17-32(18-29)38-33-19-30(14-26(3)4)20-34(23-33)39-35-21-31(15-27(5)6)22-36(24-35)40-41-37-11-9-8-10-12-37/h8-12,16-27H,13-15,41H2,1-7H3. The first-order valence-electron chi connectivity index (χ1n) is 15.0. The van der Waals surface area contributed by atoms with Gasteiger partial charge in [0.15, 0.2) is 0 Å². The Balaban J connectivity index is 1.62. The summed E-state index contributed by atoms with van der Waals surface area (Å²) in [7, 11) is -0.888. The lowest BCUT2D eigenvalue weighted by atomic mass is 10.0. The van der Waals surface area contributed by atoms with E-state index in [9.17, 15) is 0 Å². The van der Waals surface area contributed by atoms with E-state index >= 15 is 0 Å². The summed E-state index contributed by atoms with van der Waals surface area (Å²) in [5.74, 6) is 5.76. The molecule has 0 fully saturated rings. The second-order valence-electron chi connectivity index (χ2n) is 12.6. The average Bonchev–Trinajstić information content (AvgIpc) is 2.86. The average molecular weight is 567 g/mol. The van der Waals surface area contributed by atoms with E-state index in [1.807, 2.05) is 18.2 Å². The Morgan fingerprint density at radius 1 is 0.512 bits per heavy atom. The zero-order valence-electron chi connectivity index (χ0n) is 25.9. The highest BCUT2D eigenvalue weighted by Gasteiger charge is 2.12. The third-order valence-corrected chi connectivity index (χ3v) is 7.92. The van der Waals surface area contributed by atoms with Crippen LogP contribution in [0.1, 0.15) is 63.8 Å². The minimum absolute atomic E-state index is 0.520. The summed E-state index contributed by atoms with van der Waals surface area (Å²) in [6, 6.07) is 29.6. The summed E-state index contributed by atoms with van der Waals surface area (Å²) in [6.45, 7) is 15.6. The molecule has 0 heterocycles. The van der Waals surface area contributed by atoms with Crippen LogP contribution in [0.3, 0.4) is 0 Å². The Morgan fingerprint density at radius 3 is 1.41 bits per heavy atom. The molecule has 0 bridgehead atoms. The van der Waals surface area contributed by atoms with Gasteiger partial charge in [0.05, 0.1) is 0 Å². The van der Waals surface area contributed by atoms with Crippen molar-refractivity contribution in [3.05, 3.63) is 107 Å². The molecular weight excluding hydrogens is 520 g/mol. The van der Waals surface area contributed by atoms with Crippen LogP contribution >= 0.6 is 0 Å². The van der Waals surface area contributed by atoms with Gasteiger partial charge >= 0.3 is 0 Å². The largest absolute Gasteiger partial charge is 0.545 e. The van der Waals surface area contributed by atoms with Crippen molar-refractivity contribution in [2.24, 2.45) is 17.8 Å². The second kappa shape index (κ2) is 14.4. The van der Waals surface area contributed by atoms with E-state index in [4.69, 9.17) is 13.9 Å². The first-order chi connectivity index (χ1) is 19.6. The molecule has 0 aromatic heterocycles. The molecule has 0 aliphatic heterocycles. The number of rotatable bonds is 13. The Morgan fingerprint density at radius 2 is 0.927 bits per heavy atom. The van der Waals surface area contributed by atoms with Crippen molar-refractivity contribution in [2.45, 2.75) is 67.7 Å². The first-order valence-corrected chi connectivity index (χ1v) is 16.3. The van der Waals surface area contributed by atoms with Crippen molar-refractivity contribution < 1.29 is 13.9 Å². The van der Waals surface area contributed by atoms with Gasteiger partial charge in [0.1, 0.15) is 28.7 Å². The highest BCUT2D eigenvalue weighted by molar-refractivity contribution is 6.47. The fourth-order valence-electron chi connectivity index (χ4n) is 5.19. The molecule has 4 heteroatoms. The Hall–Kier alpha value is -3.50. The van der Waals surface area contributed by atoms with Crippen molar-refractivity contribution >= 4 is 14.9 Å². The molecule has 0 unspecified atom stereocenters. The maximum absolute atomic E-state index is 6.55. The zero-order chi connectivity index (χ0) is 29.4. The molecule has 4 aromatic carbocycles. The van der Waals surface area contributed by atoms with Gasteiger partial charge in [-0.25, -0.2) is 0 Å². The number of aryl methyl sites for hydroxylation is 1. The molecule has 41 heavy (non-hydrogen) atoms. The summed E-state index contributed by atoms with van der Waals surface area (Å²) in [6.07, 6.45) is 2.95. The van der Waals surface area contributed by atoms with Gasteiger partial charge in [0, 0.05) is 12.1 Å². The van der Waals surface area contributed by atoms with Crippen LogP contribution in [-0.4, -0.2) is 9.76 Å². The summed E-state index contributed by atoms with van der Waals surface area (Å²) in [5.41, 5.74) is 4.94. The molecule has 3 nitrogen and oxygen atoms in total. The third kappa shape index (κ3) is 10.1. The molecule has 0 spiro atoms. The number of benzene rings is 4. The van der Waals surface area contributed by atoms with E-state index in [-0.39, 0.29) is 0 Å². The van der Waals surface area contributed by atoms with Gasteiger partial charge in [-0.2, -0.15) is 0 Å². The van der Waals surface area contributed by atoms with Crippen LogP contribution in [0.5, 0.6) is 28.7 Å². The summed E-state index contributed by atoms with van der Waals surface area (Å²) in [4.78, 5) is 0.